The van der Waals surface area contributed by atoms with E-state index in [1.807, 2.05) is 18.0 Å². The predicted molar refractivity (Wildman–Crippen MR) is 62.8 cm³/mol. The maximum absolute atomic E-state index is 13.1. The summed E-state index contributed by atoms with van der Waals surface area (Å²) in [6.07, 6.45) is 0.742. The monoisotopic (exact) mass is 221 g/mol. The topological polar surface area (TPSA) is 41.6 Å². The second-order valence-electron chi connectivity index (χ2n) is 4.54. The molecule has 1 heterocycles. The van der Waals surface area contributed by atoms with E-state index in [0.29, 0.717) is 12.5 Å². The first-order valence-corrected chi connectivity index (χ1v) is 5.29. The van der Waals surface area contributed by atoms with Gasteiger partial charge in [0.05, 0.1) is 12.1 Å². The van der Waals surface area contributed by atoms with Crippen molar-refractivity contribution in [2.45, 2.75) is 18.9 Å². The maximum Gasteiger partial charge on any atom is 0.191 e. The zero-order valence-electron chi connectivity index (χ0n) is 9.57. The molecule has 1 aromatic carbocycles. The van der Waals surface area contributed by atoms with Crippen LogP contribution in [0.15, 0.2) is 29.3 Å². The van der Waals surface area contributed by atoms with Crippen LogP contribution in [0.3, 0.4) is 0 Å². The van der Waals surface area contributed by atoms with E-state index in [1.54, 1.807) is 12.1 Å². The fraction of sp³-hybridized carbons (Fsp3) is 0.417. The van der Waals surface area contributed by atoms with Gasteiger partial charge in [-0.15, -0.1) is 0 Å². The van der Waals surface area contributed by atoms with Crippen LogP contribution in [0.1, 0.15) is 12.5 Å². The van der Waals surface area contributed by atoms with Gasteiger partial charge in [-0.1, -0.05) is 12.1 Å². The first-order valence-electron chi connectivity index (χ1n) is 5.29. The van der Waals surface area contributed by atoms with Crippen molar-refractivity contribution in [1.82, 2.24) is 4.90 Å². The second kappa shape index (κ2) is 3.77. The van der Waals surface area contributed by atoms with Crippen molar-refractivity contribution in [2.24, 2.45) is 10.7 Å². The van der Waals surface area contributed by atoms with Gasteiger partial charge in [0, 0.05) is 7.05 Å². The quantitative estimate of drug-likeness (QED) is 0.820. The molecular formula is C12H16FN3. The van der Waals surface area contributed by atoms with Gasteiger partial charge in [-0.2, -0.15) is 0 Å². The molecular weight excluding hydrogens is 205 g/mol. The molecule has 0 spiro atoms. The molecule has 0 saturated carbocycles. The minimum atomic E-state index is -0.198. The number of nitrogens with two attached hydrogens (primary N) is 1. The van der Waals surface area contributed by atoms with E-state index in [1.165, 1.54) is 6.07 Å². The molecule has 16 heavy (non-hydrogen) atoms. The Hall–Kier alpha value is -1.58. The Balaban J connectivity index is 2.17. The van der Waals surface area contributed by atoms with Crippen LogP contribution < -0.4 is 5.73 Å². The number of rotatable bonds is 2. The van der Waals surface area contributed by atoms with Gasteiger partial charge in [0.2, 0.25) is 0 Å². The lowest BCUT2D eigenvalue weighted by Crippen LogP contribution is -2.48. The number of likely N-dealkylation sites (N-methyl/N-ethyl adjacent to an activating group) is 1. The highest BCUT2D eigenvalue weighted by molar-refractivity contribution is 5.80. The van der Waals surface area contributed by atoms with E-state index in [2.05, 4.69) is 11.9 Å². The normalized spacial score (nSPS) is 24.7. The lowest BCUT2D eigenvalue weighted by molar-refractivity contribution is 0.260. The van der Waals surface area contributed by atoms with Crippen molar-refractivity contribution >= 4 is 5.96 Å². The van der Waals surface area contributed by atoms with Gasteiger partial charge in [-0.05, 0) is 31.0 Å². The zero-order valence-corrected chi connectivity index (χ0v) is 9.57. The Labute approximate surface area is 94.8 Å². The Morgan fingerprint density at radius 3 is 2.88 bits per heavy atom. The fourth-order valence-electron chi connectivity index (χ4n) is 2.00. The molecule has 2 rings (SSSR count). The first kappa shape index (κ1) is 10.9. The van der Waals surface area contributed by atoms with E-state index >= 15 is 0 Å². The van der Waals surface area contributed by atoms with Crippen molar-refractivity contribution in [3.63, 3.8) is 0 Å². The van der Waals surface area contributed by atoms with Crippen LogP contribution in [0.2, 0.25) is 0 Å². The number of hydrogen-bond acceptors (Lipinski definition) is 3. The molecule has 86 valence electrons. The van der Waals surface area contributed by atoms with Crippen molar-refractivity contribution in [3.8, 4) is 0 Å². The van der Waals surface area contributed by atoms with Crippen LogP contribution in [0.4, 0.5) is 4.39 Å². The highest BCUT2D eigenvalue weighted by atomic mass is 19.1. The summed E-state index contributed by atoms with van der Waals surface area (Å²) in [7, 11) is 1.92. The summed E-state index contributed by atoms with van der Waals surface area (Å²) in [5.74, 6) is 0.356. The van der Waals surface area contributed by atoms with Gasteiger partial charge in [0.25, 0.3) is 0 Å². The molecule has 0 radical (unpaired) electrons. The third kappa shape index (κ3) is 1.87. The number of hydrogen-bond donors (Lipinski definition) is 1. The Morgan fingerprint density at radius 2 is 2.31 bits per heavy atom. The van der Waals surface area contributed by atoms with Gasteiger partial charge in [0.15, 0.2) is 5.96 Å². The number of aliphatic imine (C=N–C) groups is 1. The molecule has 0 aromatic heterocycles. The highest BCUT2D eigenvalue weighted by Gasteiger charge is 2.35. The van der Waals surface area contributed by atoms with Gasteiger partial charge in [0.1, 0.15) is 5.82 Å². The smallest absolute Gasteiger partial charge is 0.191 e. The van der Waals surface area contributed by atoms with Gasteiger partial charge in [-0.3, -0.25) is 4.99 Å². The van der Waals surface area contributed by atoms with Crippen LogP contribution in [-0.2, 0) is 6.42 Å². The van der Waals surface area contributed by atoms with Crippen LogP contribution >= 0.6 is 0 Å². The molecule has 1 aromatic rings. The van der Waals surface area contributed by atoms with E-state index in [0.717, 1.165) is 12.0 Å². The average molecular weight is 221 g/mol. The Kier molecular flexibility index (Phi) is 2.58. The maximum atomic E-state index is 13.1. The van der Waals surface area contributed by atoms with Crippen LogP contribution in [0.25, 0.3) is 0 Å². The van der Waals surface area contributed by atoms with E-state index in [9.17, 15) is 4.39 Å². The third-order valence-electron chi connectivity index (χ3n) is 3.21. The minimum Gasteiger partial charge on any atom is -0.370 e. The highest BCUT2D eigenvalue weighted by Crippen LogP contribution is 2.24. The van der Waals surface area contributed by atoms with Crippen molar-refractivity contribution in [3.05, 3.63) is 35.6 Å². The second-order valence-corrected chi connectivity index (χ2v) is 4.54. The van der Waals surface area contributed by atoms with E-state index in [4.69, 9.17) is 5.73 Å². The largest absolute Gasteiger partial charge is 0.370 e. The minimum absolute atomic E-state index is 0.141. The molecule has 0 bridgehead atoms. The summed E-state index contributed by atoms with van der Waals surface area (Å²) in [5, 5.41) is 0. The number of benzene rings is 1. The number of halogens is 1. The molecule has 0 aliphatic carbocycles. The number of guanidine groups is 1. The summed E-state index contributed by atoms with van der Waals surface area (Å²) in [4.78, 5) is 6.17. The van der Waals surface area contributed by atoms with Crippen molar-refractivity contribution < 1.29 is 4.39 Å². The van der Waals surface area contributed by atoms with E-state index < -0.39 is 0 Å². The molecule has 0 saturated heterocycles. The molecule has 1 aliphatic heterocycles. The van der Waals surface area contributed by atoms with Crippen LogP contribution in [0, 0.1) is 5.82 Å². The Morgan fingerprint density at radius 1 is 1.56 bits per heavy atom. The molecule has 1 aliphatic rings. The van der Waals surface area contributed by atoms with Gasteiger partial charge >= 0.3 is 0 Å². The lowest BCUT2D eigenvalue weighted by atomic mass is 9.92. The van der Waals surface area contributed by atoms with Crippen LogP contribution in [-0.4, -0.2) is 30.0 Å². The SMILES string of the molecule is CN1C(N)=NCC1(C)Cc1cccc(F)c1. The van der Waals surface area contributed by atoms with E-state index in [-0.39, 0.29) is 11.4 Å². The lowest BCUT2D eigenvalue weighted by Gasteiger charge is -2.33. The van der Waals surface area contributed by atoms with Gasteiger partial charge in [-0.25, -0.2) is 4.39 Å². The Bertz CT molecular complexity index is 430. The predicted octanol–water partition coefficient (Wildman–Crippen LogP) is 1.39. The molecule has 0 amide bonds. The first-order chi connectivity index (χ1) is 7.51. The fourth-order valence-corrected chi connectivity index (χ4v) is 2.00. The molecule has 0 fully saturated rings. The van der Waals surface area contributed by atoms with Gasteiger partial charge < -0.3 is 10.6 Å². The average Bonchev–Trinajstić information content (AvgIpc) is 2.47. The van der Waals surface area contributed by atoms with Crippen LogP contribution in [0.5, 0.6) is 0 Å². The van der Waals surface area contributed by atoms with Crippen molar-refractivity contribution in [2.75, 3.05) is 13.6 Å². The molecule has 2 N–H and O–H groups in total. The summed E-state index contributed by atoms with van der Waals surface area (Å²) in [6, 6.07) is 6.67. The molecule has 1 unspecified atom stereocenters. The molecule has 3 nitrogen and oxygen atoms in total. The molecule has 4 heteroatoms. The summed E-state index contributed by atoms with van der Waals surface area (Å²) < 4.78 is 13.1. The number of nitrogens with zero attached hydrogens (tertiary/aromatic N) is 2. The summed E-state index contributed by atoms with van der Waals surface area (Å²) in [6.45, 7) is 2.74. The standard InChI is InChI=1S/C12H16FN3/c1-12(8-15-11(14)16(12)2)7-9-4-3-5-10(13)6-9/h3-6H,7-8H2,1-2H3,(H2,14,15). The molecule has 1 atom stereocenters. The summed E-state index contributed by atoms with van der Waals surface area (Å²) >= 11 is 0. The summed E-state index contributed by atoms with van der Waals surface area (Å²) in [5.41, 5.74) is 6.57. The third-order valence-corrected chi connectivity index (χ3v) is 3.21. The zero-order chi connectivity index (χ0) is 11.8. The van der Waals surface area contributed by atoms with Crippen molar-refractivity contribution in [1.29, 1.82) is 0 Å².